The van der Waals surface area contributed by atoms with Crippen LogP contribution in [0.3, 0.4) is 0 Å². The fraction of sp³-hybridized carbons (Fsp3) is 0.143. The van der Waals surface area contributed by atoms with Crippen LogP contribution in [0.4, 0.5) is 5.69 Å². The summed E-state index contributed by atoms with van der Waals surface area (Å²) in [5, 5.41) is 5.58. The second-order valence-electron chi connectivity index (χ2n) is 4.79. The van der Waals surface area contributed by atoms with Crippen molar-refractivity contribution in [2.45, 2.75) is 12.3 Å². The summed E-state index contributed by atoms with van der Waals surface area (Å²) in [6.45, 7) is 0.435. The summed E-state index contributed by atoms with van der Waals surface area (Å²) < 4.78 is 5.88. The fourth-order valence-electron chi connectivity index (χ4n) is 2.39. The lowest BCUT2D eigenvalue weighted by Gasteiger charge is -2.21. The number of ether oxygens (including phenoxy) is 1. The van der Waals surface area contributed by atoms with Crippen molar-refractivity contribution in [1.29, 1.82) is 0 Å². The van der Waals surface area contributed by atoms with Gasteiger partial charge >= 0.3 is 0 Å². The Morgan fingerprint density at radius 3 is 2.82 bits per heavy atom. The number of hydrazine groups is 1. The predicted octanol–water partition coefficient (Wildman–Crippen LogP) is 2.27. The van der Waals surface area contributed by atoms with Crippen LogP contribution < -0.4 is 21.3 Å². The number of para-hydroxylation sites is 1. The van der Waals surface area contributed by atoms with E-state index in [1.54, 1.807) is 23.7 Å². The van der Waals surface area contributed by atoms with E-state index >= 15 is 0 Å². The summed E-state index contributed by atoms with van der Waals surface area (Å²) in [5.74, 6) is 0.740. The van der Waals surface area contributed by atoms with Crippen molar-refractivity contribution >= 4 is 28.4 Å². The molecule has 1 aromatic carbocycles. The van der Waals surface area contributed by atoms with Gasteiger partial charge in [-0.05, 0) is 6.07 Å². The average molecular weight is 331 g/mol. The number of nitrogens with zero attached hydrogens (tertiary/aromatic N) is 2. The van der Waals surface area contributed by atoms with Crippen LogP contribution in [0.15, 0.2) is 41.4 Å². The number of aromatic nitrogens is 2. The summed E-state index contributed by atoms with van der Waals surface area (Å²) in [6.07, 6.45) is 3.52. The summed E-state index contributed by atoms with van der Waals surface area (Å²) in [6, 6.07) is 5.81. The van der Waals surface area contributed by atoms with Crippen LogP contribution in [-0.2, 0) is 12.3 Å². The molecule has 8 heteroatoms. The molecule has 1 unspecified atom stereocenters. The van der Waals surface area contributed by atoms with E-state index in [4.69, 9.17) is 10.5 Å². The number of nitrogens with two attached hydrogens (primary N) is 1. The Labute approximate surface area is 135 Å². The third kappa shape index (κ3) is 2.17. The molecule has 0 amide bonds. The van der Waals surface area contributed by atoms with Gasteiger partial charge in [-0.2, -0.15) is 0 Å². The molecular weight excluding hydrogens is 318 g/mol. The zero-order chi connectivity index (χ0) is 15.0. The first-order chi connectivity index (χ1) is 10.8. The van der Waals surface area contributed by atoms with Crippen LogP contribution in [0.25, 0.3) is 0 Å². The highest BCUT2D eigenvalue weighted by Crippen LogP contribution is 2.41. The third-order valence-electron chi connectivity index (χ3n) is 3.44. The van der Waals surface area contributed by atoms with Gasteiger partial charge in [0.05, 0.1) is 5.69 Å². The second-order valence-corrected chi connectivity index (χ2v) is 6.66. The Bertz CT molecular complexity index is 775. The molecule has 3 heterocycles. The molecule has 0 bridgehead atoms. The van der Waals surface area contributed by atoms with Gasteiger partial charge in [-0.25, -0.2) is 15.4 Å². The molecule has 0 fully saturated rings. The third-order valence-corrected chi connectivity index (χ3v) is 5.10. The van der Waals surface area contributed by atoms with Gasteiger partial charge in [-0.15, -0.1) is 22.7 Å². The number of benzene rings is 1. The van der Waals surface area contributed by atoms with Crippen molar-refractivity contribution in [3.63, 3.8) is 0 Å². The van der Waals surface area contributed by atoms with Gasteiger partial charge in [0, 0.05) is 28.7 Å². The summed E-state index contributed by atoms with van der Waals surface area (Å²) in [7, 11) is 0. The smallest absolute Gasteiger partial charge is 0.164 e. The van der Waals surface area contributed by atoms with Crippen molar-refractivity contribution in [2.24, 2.45) is 5.73 Å². The van der Waals surface area contributed by atoms with E-state index in [-0.39, 0.29) is 0 Å². The number of hydrogen-bond donors (Lipinski definition) is 3. The summed E-state index contributed by atoms with van der Waals surface area (Å²) in [4.78, 5) is 8.55. The molecule has 0 aliphatic carbocycles. The van der Waals surface area contributed by atoms with Crippen molar-refractivity contribution in [2.75, 3.05) is 5.43 Å². The highest BCUT2D eigenvalue weighted by Gasteiger charge is 2.40. The second kappa shape index (κ2) is 5.33. The molecule has 1 atom stereocenters. The van der Waals surface area contributed by atoms with E-state index < -0.39 is 5.66 Å². The van der Waals surface area contributed by atoms with E-state index in [2.05, 4.69) is 20.8 Å². The first-order valence-electron chi connectivity index (χ1n) is 6.64. The molecule has 1 aliphatic rings. The molecule has 1 aliphatic heterocycles. The molecule has 6 nitrogen and oxygen atoms in total. The minimum Gasteiger partial charge on any atom is -0.484 e. The minimum absolute atomic E-state index is 0.435. The molecule has 0 spiro atoms. The Morgan fingerprint density at radius 2 is 2.05 bits per heavy atom. The maximum atomic E-state index is 6.50. The predicted molar refractivity (Wildman–Crippen MR) is 86.7 cm³/mol. The van der Waals surface area contributed by atoms with Crippen molar-refractivity contribution in [1.82, 2.24) is 15.4 Å². The van der Waals surface area contributed by atoms with Gasteiger partial charge in [-0.3, -0.25) is 0 Å². The SMILES string of the molecule is NC1(c2nccs2)NNc2c(OCc3nccs3)cccc21. The monoisotopic (exact) mass is 331 g/mol. The number of nitrogens with one attached hydrogen (secondary N) is 2. The highest BCUT2D eigenvalue weighted by molar-refractivity contribution is 7.09. The first-order valence-corrected chi connectivity index (χ1v) is 8.40. The molecule has 22 heavy (non-hydrogen) atoms. The Hall–Kier alpha value is -2.00. The van der Waals surface area contributed by atoms with Gasteiger partial charge in [0.25, 0.3) is 0 Å². The topological polar surface area (TPSA) is 85.1 Å². The van der Waals surface area contributed by atoms with E-state index in [1.165, 1.54) is 11.3 Å². The van der Waals surface area contributed by atoms with E-state index in [1.807, 2.05) is 29.0 Å². The van der Waals surface area contributed by atoms with Crippen molar-refractivity contribution in [3.8, 4) is 5.75 Å². The van der Waals surface area contributed by atoms with Crippen molar-refractivity contribution < 1.29 is 4.74 Å². The molecular formula is C14H13N5OS2. The zero-order valence-electron chi connectivity index (χ0n) is 11.4. The number of anilines is 1. The summed E-state index contributed by atoms with van der Waals surface area (Å²) in [5.41, 5.74) is 13.7. The molecule has 112 valence electrons. The molecule has 4 rings (SSSR count). The first kappa shape index (κ1) is 13.6. The lowest BCUT2D eigenvalue weighted by Crippen LogP contribution is -2.48. The van der Waals surface area contributed by atoms with Gasteiger partial charge in [-0.1, -0.05) is 12.1 Å². The molecule has 2 aromatic heterocycles. The number of hydrogen-bond acceptors (Lipinski definition) is 8. The Kier molecular flexibility index (Phi) is 3.30. The zero-order valence-corrected chi connectivity index (χ0v) is 13.1. The lowest BCUT2D eigenvalue weighted by atomic mass is 10.0. The average Bonchev–Trinajstić information content (AvgIpc) is 3.27. The van der Waals surface area contributed by atoms with Crippen LogP contribution in [0.5, 0.6) is 5.75 Å². The van der Waals surface area contributed by atoms with E-state index in [0.29, 0.717) is 6.61 Å². The molecule has 0 saturated carbocycles. The van der Waals surface area contributed by atoms with Crippen LogP contribution in [0.2, 0.25) is 0 Å². The molecule has 4 N–H and O–H groups in total. The highest BCUT2D eigenvalue weighted by atomic mass is 32.1. The van der Waals surface area contributed by atoms with Gasteiger partial charge in [0.2, 0.25) is 0 Å². The fourth-order valence-corrected chi connectivity index (χ4v) is 3.63. The number of thiazole rings is 2. The minimum atomic E-state index is -0.843. The lowest BCUT2D eigenvalue weighted by molar-refractivity contribution is 0.307. The van der Waals surface area contributed by atoms with Crippen LogP contribution in [0.1, 0.15) is 15.6 Å². The molecule has 0 saturated heterocycles. The van der Waals surface area contributed by atoms with Crippen molar-refractivity contribution in [3.05, 3.63) is 56.9 Å². The quantitative estimate of drug-likeness (QED) is 0.680. The maximum Gasteiger partial charge on any atom is 0.164 e. The van der Waals surface area contributed by atoms with Crippen LogP contribution >= 0.6 is 22.7 Å². The number of rotatable bonds is 4. The van der Waals surface area contributed by atoms with Gasteiger partial charge < -0.3 is 15.9 Å². The maximum absolute atomic E-state index is 6.50. The van der Waals surface area contributed by atoms with Gasteiger partial charge in [0.1, 0.15) is 22.4 Å². The normalized spacial score (nSPS) is 19.7. The Morgan fingerprint density at radius 1 is 1.18 bits per heavy atom. The van der Waals surface area contributed by atoms with E-state index in [9.17, 15) is 0 Å². The van der Waals surface area contributed by atoms with Crippen LogP contribution in [0, 0.1) is 0 Å². The standard InChI is InChI=1S/C14H13N5OS2/c15-14(13-17-5-7-22-13)9-2-1-3-10(12(9)18-19-14)20-8-11-16-4-6-21-11/h1-7,18-19H,8,15H2. The van der Waals surface area contributed by atoms with Crippen LogP contribution in [-0.4, -0.2) is 9.97 Å². The van der Waals surface area contributed by atoms with E-state index in [0.717, 1.165) is 27.0 Å². The largest absolute Gasteiger partial charge is 0.484 e. The molecule has 3 aromatic rings. The number of fused-ring (bicyclic) bond motifs is 1. The summed E-state index contributed by atoms with van der Waals surface area (Å²) >= 11 is 3.08. The molecule has 0 radical (unpaired) electrons. The van der Waals surface area contributed by atoms with Gasteiger partial charge in [0.15, 0.2) is 5.66 Å². The Balaban J connectivity index is 1.66.